The Morgan fingerprint density at radius 2 is 1.26 bits per heavy atom. The van der Waals surface area contributed by atoms with Crippen LogP contribution in [0.15, 0.2) is 92.8 Å². The first-order chi connectivity index (χ1) is 20.3. The topological polar surface area (TPSA) is 210 Å². The number of aryl methyl sites for hydroxylation is 2. The van der Waals surface area contributed by atoms with Gasteiger partial charge in [0.2, 0.25) is 0 Å². The van der Waals surface area contributed by atoms with Crippen LogP contribution in [0, 0.1) is 13.8 Å². The molecule has 0 unspecified atom stereocenters. The molecule has 5 aromatic rings. The maximum atomic E-state index is 10.6. The van der Waals surface area contributed by atoms with Crippen LogP contribution in [0.5, 0.6) is 11.5 Å². The number of hydrogen-bond acceptors (Lipinski definition) is 12. The van der Waals surface area contributed by atoms with Crippen LogP contribution in [-0.2, 0) is 0 Å². The minimum Gasteiger partial charge on any atom is -0.505 e. The molecule has 5 aromatic carbocycles. The van der Waals surface area contributed by atoms with Gasteiger partial charge >= 0.3 is 0 Å². The second-order valence-corrected chi connectivity index (χ2v) is 10.5. The number of nitrogen functional groups attached to an aromatic ring is 6. The Labute approximate surface area is 261 Å². The van der Waals surface area contributed by atoms with Crippen molar-refractivity contribution in [2.24, 2.45) is 10.2 Å². The standard InChI is InChI=1S/C16H15N5OS2.C8H12N2O.C7H9N/c17-7-1-3-8(4-2-7)20-21-15-12(24)5-9-11(23)6-10(18)14(19)13(9)16(15)22;1-5-3-7(10)8(11-2)4-6(5)9;1-6-2-4-7(8)5-3-6/h1-6,22-24H,17-19H2;3-4H,9-10H2,1-2H3;2-5H,8H2,1H3. The van der Waals surface area contributed by atoms with Gasteiger partial charge in [-0.2, -0.15) is 5.11 Å². The number of azo groups is 1. The van der Waals surface area contributed by atoms with Gasteiger partial charge in [-0.05, 0) is 74.0 Å². The van der Waals surface area contributed by atoms with Crippen LogP contribution in [0.2, 0.25) is 0 Å². The normalized spacial score (nSPS) is 10.5. The number of hydrogen-bond donors (Lipinski definition) is 9. The van der Waals surface area contributed by atoms with Crippen LogP contribution >= 0.6 is 25.3 Å². The fourth-order valence-corrected chi connectivity index (χ4v) is 4.38. The molecular formula is C31H36N8O2S2. The summed E-state index contributed by atoms with van der Waals surface area (Å²) in [7, 11) is 1.57. The Morgan fingerprint density at radius 1 is 0.674 bits per heavy atom. The fraction of sp³-hybridized carbons (Fsp3) is 0.0968. The van der Waals surface area contributed by atoms with E-state index in [4.69, 9.17) is 39.1 Å². The zero-order valence-electron chi connectivity index (χ0n) is 24.0. The van der Waals surface area contributed by atoms with Crippen molar-refractivity contribution in [1.82, 2.24) is 0 Å². The van der Waals surface area contributed by atoms with Crippen molar-refractivity contribution in [3.8, 4) is 11.5 Å². The molecule has 0 amide bonds. The third-order valence-corrected chi connectivity index (χ3v) is 6.97. The third kappa shape index (κ3) is 8.31. The molecule has 0 fully saturated rings. The molecule has 5 rings (SSSR count). The number of aromatic hydroxyl groups is 1. The number of benzene rings is 5. The number of nitrogens with two attached hydrogens (primary N) is 6. The highest BCUT2D eigenvalue weighted by molar-refractivity contribution is 7.80. The quantitative estimate of drug-likeness (QED) is 0.0582. The Morgan fingerprint density at radius 3 is 1.81 bits per heavy atom. The Kier molecular flexibility index (Phi) is 10.8. The second kappa shape index (κ2) is 14.3. The number of phenols is 1. The van der Waals surface area contributed by atoms with Crippen LogP contribution in [0.25, 0.3) is 10.8 Å². The molecule has 0 aliphatic heterocycles. The summed E-state index contributed by atoms with van der Waals surface area (Å²) < 4.78 is 4.98. The summed E-state index contributed by atoms with van der Waals surface area (Å²) in [6.45, 7) is 3.95. The van der Waals surface area contributed by atoms with Crippen molar-refractivity contribution in [3.63, 3.8) is 0 Å². The largest absolute Gasteiger partial charge is 0.505 e. The van der Waals surface area contributed by atoms with Crippen LogP contribution in [0.1, 0.15) is 11.1 Å². The number of anilines is 6. The lowest BCUT2D eigenvalue weighted by Crippen LogP contribution is -1.96. The minimum absolute atomic E-state index is 0.142. The van der Waals surface area contributed by atoms with Gasteiger partial charge in [0.15, 0.2) is 5.75 Å². The predicted molar refractivity (Wildman–Crippen MR) is 186 cm³/mol. The molecule has 0 saturated heterocycles. The molecule has 0 aliphatic rings. The highest BCUT2D eigenvalue weighted by atomic mass is 32.1. The summed E-state index contributed by atoms with van der Waals surface area (Å²) in [6.07, 6.45) is 0. The molecule has 0 aromatic heterocycles. The van der Waals surface area contributed by atoms with Crippen molar-refractivity contribution in [1.29, 1.82) is 0 Å². The summed E-state index contributed by atoms with van der Waals surface area (Å²) in [4.78, 5) is 1.03. The highest BCUT2D eigenvalue weighted by Crippen LogP contribution is 2.46. The molecule has 13 N–H and O–H groups in total. The Hall–Kier alpha value is -4.94. The van der Waals surface area contributed by atoms with Crippen molar-refractivity contribution in [2.75, 3.05) is 41.5 Å². The molecule has 0 radical (unpaired) electrons. The summed E-state index contributed by atoms with van der Waals surface area (Å²) in [6, 6.07) is 21.5. The van der Waals surface area contributed by atoms with E-state index in [0.717, 1.165) is 11.3 Å². The van der Waals surface area contributed by atoms with Crippen LogP contribution in [-0.4, -0.2) is 12.2 Å². The lowest BCUT2D eigenvalue weighted by Gasteiger charge is -2.12. The average molecular weight is 617 g/mol. The van der Waals surface area contributed by atoms with Gasteiger partial charge in [-0.15, -0.1) is 30.4 Å². The molecule has 12 heteroatoms. The Bertz CT molecular complexity index is 1740. The maximum absolute atomic E-state index is 10.6. The average Bonchev–Trinajstić information content (AvgIpc) is 2.96. The maximum Gasteiger partial charge on any atom is 0.154 e. The molecule has 0 heterocycles. The van der Waals surface area contributed by atoms with E-state index < -0.39 is 0 Å². The van der Waals surface area contributed by atoms with Crippen molar-refractivity contribution >= 4 is 81.5 Å². The lowest BCUT2D eigenvalue weighted by molar-refractivity contribution is 0.417. The zero-order valence-corrected chi connectivity index (χ0v) is 25.8. The first-order valence-corrected chi connectivity index (χ1v) is 13.8. The number of methoxy groups -OCH3 is 1. The van der Waals surface area contributed by atoms with Crippen LogP contribution in [0.3, 0.4) is 0 Å². The third-order valence-electron chi connectivity index (χ3n) is 6.26. The van der Waals surface area contributed by atoms with Gasteiger partial charge in [-0.1, -0.05) is 17.7 Å². The fourth-order valence-electron chi connectivity index (χ4n) is 3.78. The molecular weight excluding hydrogens is 581 g/mol. The van der Waals surface area contributed by atoms with Gasteiger partial charge in [0, 0.05) is 38.3 Å². The number of ether oxygens (including phenoxy) is 1. The van der Waals surface area contributed by atoms with Gasteiger partial charge in [-0.25, -0.2) is 0 Å². The van der Waals surface area contributed by atoms with Crippen LogP contribution in [0.4, 0.5) is 45.5 Å². The number of nitrogens with zero attached hydrogens (tertiary/aromatic N) is 2. The zero-order chi connectivity index (χ0) is 31.8. The van der Waals surface area contributed by atoms with E-state index in [2.05, 4.69) is 35.5 Å². The second-order valence-electron chi connectivity index (χ2n) is 9.57. The van der Waals surface area contributed by atoms with Gasteiger partial charge < -0.3 is 44.2 Å². The van der Waals surface area contributed by atoms with Gasteiger partial charge in [0.05, 0.1) is 35.2 Å². The lowest BCUT2D eigenvalue weighted by atomic mass is 10.1. The van der Waals surface area contributed by atoms with E-state index in [1.165, 1.54) is 5.56 Å². The van der Waals surface area contributed by atoms with Crippen molar-refractivity contribution in [2.45, 2.75) is 23.6 Å². The van der Waals surface area contributed by atoms with E-state index in [0.29, 0.717) is 54.7 Å². The highest BCUT2D eigenvalue weighted by Gasteiger charge is 2.17. The molecule has 10 nitrogen and oxygen atoms in total. The molecule has 0 saturated carbocycles. The summed E-state index contributed by atoms with van der Waals surface area (Å²) in [5.41, 5.74) is 40.6. The van der Waals surface area contributed by atoms with Crippen molar-refractivity contribution < 1.29 is 9.84 Å². The molecule has 0 spiro atoms. The van der Waals surface area contributed by atoms with Crippen molar-refractivity contribution in [3.05, 3.63) is 83.9 Å². The van der Waals surface area contributed by atoms with E-state index in [-0.39, 0.29) is 17.1 Å². The summed E-state index contributed by atoms with van der Waals surface area (Å²) in [5.74, 6) is 0.491. The number of phenolic OH excluding ortho intramolecular Hbond substituents is 1. The molecule has 0 bridgehead atoms. The molecule has 0 aliphatic carbocycles. The first-order valence-electron chi connectivity index (χ1n) is 12.9. The van der Waals surface area contributed by atoms with Gasteiger partial charge in [0.1, 0.15) is 11.4 Å². The van der Waals surface area contributed by atoms with E-state index in [9.17, 15) is 5.11 Å². The van der Waals surface area contributed by atoms with E-state index in [1.807, 2.05) is 38.1 Å². The van der Waals surface area contributed by atoms with Crippen LogP contribution < -0.4 is 39.1 Å². The minimum atomic E-state index is -0.142. The van der Waals surface area contributed by atoms with E-state index >= 15 is 0 Å². The number of thiol groups is 2. The summed E-state index contributed by atoms with van der Waals surface area (Å²) in [5, 5.41) is 19.8. The SMILES string of the molecule is COc1cc(N)c(C)cc1N.Cc1ccc(N)cc1.Nc1ccc(N=Nc2c(S)cc3c(S)cc(N)c(N)c3c2O)cc1. The summed E-state index contributed by atoms with van der Waals surface area (Å²) >= 11 is 8.74. The monoisotopic (exact) mass is 616 g/mol. The van der Waals surface area contributed by atoms with E-state index in [1.54, 1.807) is 55.6 Å². The molecule has 0 atom stereocenters. The van der Waals surface area contributed by atoms with Gasteiger partial charge in [0.25, 0.3) is 0 Å². The van der Waals surface area contributed by atoms with Gasteiger partial charge in [-0.3, -0.25) is 0 Å². The molecule has 224 valence electrons. The predicted octanol–water partition coefficient (Wildman–Crippen LogP) is 7.03. The molecule has 43 heavy (non-hydrogen) atoms. The Balaban J connectivity index is 0.000000218. The number of fused-ring (bicyclic) bond motifs is 1. The first kappa shape index (κ1) is 32.6. The number of rotatable bonds is 3. The smallest absolute Gasteiger partial charge is 0.154 e.